The second-order valence-corrected chi connectivity index (χ2v) is 5.53. The summed E-state index contributed by atoms with van der Waals surface area (Å²) in [6, 6.07) is 14.1. The molecule has 0 saturated carbocycles. The van der Waals surface area contributed by atoms with Crippen LogP contribution >= 0.6 is 0 Å². The molecule has 2 aromatic carbocycles. The lowest BCUT2D eigenvalue weighted by Gasteiger charge is -2.18. The number of benzene rings is 2. The number of amides is 1. The predicted molar refractivity (Wildman–Crippen MR) is 82.7 cm³/mol. The van der Waals surface area contributed by atoms with E-state index in [1.165, 1.54) is 16.5 Å². The van der Waals surface area contributed by atoms with Crippen LogP contribution in [0.15, 0.2) is 48.5 Å². The average molecular weight is 285 g/mol. The van der Waals surface area contributed by atoms with E-state index in [1.54, 1.807) is 25.2 Å². The van der Waals surface area contributed by atoms with Crippen LogP contribution in [-0.4, -0.2) is 17.9 Å². The van der Waals surface area contributed by atoms with E-state index in [-0.39, 0.29) is 18.3 Å². The summed E-state index contributed by atoms with van der Waals surface area (Å²) in [4.78, 5) is 13.9. The molecule has 2 rings (SSSR count). The highest BCUT2D eigenvalue weighted by Gasteiger charge is 2.13. The van der Waals surface area contributed by atoms with Gasteiger partial charge in [0.25, 0.3) is 5.91 Å². The second kappa shape index (κ2) is 6.53. The van der Waals surface area contributed by atoms with Crippen LogP contribution in [0.3, 0.4) is 0 Å². The van der Waals surface area contributed by atoms with Crippen molar-refractivity contribution in [2.24, 2.45) is 0 Å². The normalized spacial score (nSPS) is 10.7. The average Bonchev–Trinajstić information content (AvgIpc) is 2.49. The lowest BCUT2D eigenvalue weighted by atomic mass is 10.0. The number of halogens is 1. The molecule has 1 amide bonds. The van der Waals surface area contributed by atoms with Gasteiger partial charge in [0.15, 0.2) is 0 Å². The maximum absolute atomic E-state index is 13.6. The van der Waals surface area contributed by atoms with Gasteiger partial charge in [-0.3, -0.25) is 4.79 Å². The molecule has 0 N–H and O–H groups in total. The smallest absolute Gasteiger partial charge is 0.253 e. The minimum atomic E-state index is -0.285. The van der Waals surface area contributed by atoms with Gasteiger partial charge in [-0.05, 0) is 29.7 Å². The topological polar surface area (TPSA) is 20.3 Å². The van der Waals surface area contributed by atoms with Crippen LogP contribution in [-0.2, 0) is 6.54 Å². The van der Waals surface area contributed by atoms with Crippen molar-refractivity contribution in [2.45, 2.75) is 26.3 Å². The van der Waals surface area contributed by atoms with Gasteiger partial charge >= 0.3 is 0 Å². The van der Waals surface area contributed by atoms with Gasteiger partial charge in [0.1, 0.15) is 5.82 Å². The Morgan fingerprint density at radius 2 is 1.71 bits per heavy atom. The van der Waals surface area contributed by atoms with Gasteiger partial charge in [-0.1, -0.05) is 44.2 Å². The van der Waals surface area contributed by atoms with Crippen LogP contribution in [0.5, 0.6) is 0 Å². The van der Waals surface area contributed by atoms with Crippen molar-refractivity contribution in [3.05, 3.63) is 71.0 Å². The van der Waals surface area contributed by atoms with Crippen molar-refractivity contribution < 1.29 is 9.18 Å². The summed E-state index contributed by atoms with van der Waals surface area (Å²) in [6.45, 7) is 4.49. The molecule has 0 aliphatic rings. The van der Waals surface area contributed by atoms with E-state index in [1.807, 2.05) is 24.3 Å². The Morgan fingerprint density at radius 3 is 2.29 bits per heavy atom. The van der Waals surface area contributed by atoms with Crippen molar-refractivity contribution in [2.75, 3.05) is 7.05 Å². The number of hydrogen-bond acceptors (Lipinski definition) is 1. The van der Waals surface area contributed by atoms with Crippen molar-refractivity contribution in [3.8, 4) is 0 Å². The molecule has 0 radical (unpaired) electrons. The molecule has 0 heterocycles. The van der Waals surface area contributed by atoms with E-state index in [9.17, 15) is 9.18 Å². The molecule has 21 heavy (non-hydrogen) atoms. The lowest BCUT2D eigenvalue weighted by Crippen LogP contribution is -2.26. The molecule has 0 fully saturated rings. The molecule has 0 unspecified atom stereocenters. The van der Waals surface area contributed by atoms with E-state index >= 15 is 0 Å². The van der Waals surface area contributed by atoms with Crippen LogP contribution in [0.4, 0.5) is 4.39 Å². The Bertz CT molecular complexity index is 619. The first-order valence-electron chi connectivity index (χ1n) is 7.08. The zero-order valence-corrected chi connectivity index (χ0v) is 12.6. The molecular formula is C18H20FNO. The van der Waals surface area contributed by atoms with Crippen molar-refractivity contribution >= 4 is 5.91 Å². The minimum Gasteiger partial charge on any atom is -0.337 e. The largest absolute Gasteiger partial charge is 0.337 e. The Hall–Kier alpha value is -2.16. The maximum atomic E-state index is 13.6. The zero-order valence-electron chi connectivity index (χ0n) is 12.6. The highest BCUT2D eigenvalue weighted by atomic mass is 19.1. The molecule has 0 bridgehead atoms. The van der Waals surface area contributed by atoms with Crippen molar-refractivity contribution in [1.82, 2.24) is 4.90 Å². The first kappa shape index (κ1) is 15.2. The molecule has 0 aliphatic heterocycles. The number of hydrogen-bond donors (Lipinski definition) is 0. The molecule has 2 nitrogen and oxygen atoms in total. The monoisotopic (exact) mass is 285 g/mol. The third-order valence-electron chi connectivity index (χ3n) is 3.54. The molecular weight excluding hydrogens is 265 g/mol. The molecule has 0 spiro atoms. The molecule has 3 heteroatoms. The maximum Gasteiger partial charge on any atom is 0.253 e. The summed E-state index contributed by atoms with van der Waals surface area (Å²) in [5.41, 5.74) is 2.34. The van der Waals surface area contributed by atoms with E-state index in [4.69, 9.17) is 0 Å². The Balaban J connectivity index is 2.10. The third-order valence-corrected chi connectivity index (χ3v) is 3.54. The summed E-state index contributed by atoms with van der Waals surface area (Å²) in [7, 11) is 1.69. The fraction of sp³-hybridized carbons (Fsp3) is 0.278. The van der Waals surface area contributed by atoms with Gasteiger partial charge in [0.2, 0.25) is 0 Å². The standard InChI is InChI=1S/C18H20FNO/c1-13(2)14-8-10-15(11-9-14)18(21)20(3)12-16-6-4-5-7-17(16)19/h4-11,13H,12H2,1-3H3. The SMILES string of the molecule is CC(C)c1ccc(C(=O)N(C)Cc2ccccc2F)cc1. The van der Waals surface area contributed by atoms with Gasteiger partial charge in [-0.2, -0.15) is 0 Å². The fourth-order valence-corrected chi connectivity index (χ4v) is 2.18. The Labute approximate surface area is 125 Å². The van der Waals surface area contributed by atoms with Gasteiger partial charge in [0, 0.05) is 24.7 Å². The van der Waals surface area contributed by atoms with E-state index in [0.29, 0.717) is 17.0 Å². The summed E-state index contributed by atoms with van der Waals surface area (Å²) >= 11 is 0. The summed E-state index contributed by atoms with van der Waals surface area (Å²) in [5.74, 6) is 0.0474. The first-order valence-corrected chi connectivity index (χ1v) is 7.08. The fourth-order valence-electron chi connectivity index (χ4n) is 2.18. The number of rotatable bonds is 4. The van der Waals surface area contributed by atoms with Crippen LogP contribution in [0.2, 0.25) is 0 Å². The molecule has 0 atom stereocenters. The Morgan fingerprint density at radius 1 is 1.10 bits per heavy atom. The molecule has 2 aromatic rings. The number of carbonyl (C=O) groups excluding carboxylic acids is 1. The van der Waals surface area contributed by atoms with Crippen LogP contribution < -0.4 is 0 Å². The second-order valence-electron chi connectivity index (χ2n) is 5.53. The number of carbonyl (C=O) groups is 1. The molecule has 0 saturated heterocycles. The summed E-state index contributed by atoms with van der Waals surface area (Å²) in [5, 5.41) is 0. The van der Waals surface area contributed by atoms with Gasteiger partial charge in [0.05, 0.1) is 0 Å². The van der Waals surface area contributed by atoms with E-state index < -0.39 is 0 Å². The number of nitrogens with zero attached hydrogens (tertiary/aromatic N) is 1. The van der Waals surface area contributed by atoms with E-state index in [0.717, 1.165) is 0 Å². The minimum absolute atomic E-state index is 0.103. The highest BCUT2D eigenvalue weighted by Crippen LogP contribution is 2.16. The quantitative estimate of drug-likeness (QED) is 0.823. The first-order chi connectivity index (χ1) is 9.99. The Kier molecular flexibility index (Phi) is 4.73. The summed E-state index contributed by atoms with van der Waals surface area (Å²) in [6.07, 6.45) is 0. The van der Waals surface area contributed by atoms with Crippen LogP contribution in [0.25, 0.3) is 0 Å². The van der Waals surface area contributed by atoms with Crippen LogP contribution in [0.1, 0.15) is 41.3 Å². The third kappa shape index (κ3) is 3.69. The molecule has 0 aliphatic carbocycles. The van der Waals surface area contributed by atoms with Gasteiger partial charge in [-0.25, -0.2) is 4.39 Å². The van der Waals surface area contributed by atoms with Gasteiger partial charge in [-0.15, -0.1) is 0 Å². The van der Waals surface area contributed by atoms with Crippen LogP contribution in [0, 0.1) is 5.82 Å². The lowest BCUT2D eigenvalue weighted by molar-refractivity contribution is 0.0784. The van der Waals surface area contributed by atoms with Gasteiger partial charge < -0.3 is 4.90 Å². The zero-order chi connectivity index (χ0) is 15.4. The molecule has 110 valence electrons. The highest BCUT2D eigenvalue weighted by molar-refractivity contribution is 5.94. The summed E-state index contributed by atoms with van der Waals surface area (Å²) < 4.78 is 13.6. The molecule has 0 aromatic heterocycles. The van der Waals surface area contributed by atoms with Crippen molar-refractivity contribution in [1.29, 1.82) is 0 Å². The predicted octanol–water partition coefficient (Wildman–Crippen LogP) is 4.22. The van der Waals surface area contributed by atoms with Crippen molar-refractivity contribution in [3.63, 3.8) is 0 Å². The van der Waals surface area contributed by atoms with E-state index in [2.05, 4.69) is 13.8 Å².